The minimum atomic E-state index is -0.714. The Bertz CT molecular complexity index is 4370. The molecule has 7 heteroatoms. The summed E-state index contributed by atoms with van der Waals surface area (Å²) in [7, 11) is 0. The van der Waals surface area contributed by atoms with Crippen LogP contribution >= 0.6 is 0 Å². The van der Waals surface area contributed by atoms with Crippen LogP contribution in [0.3, 0.4) is 0 Å². The van der Waals surface area contributed by atoms with Crippen molar-refractivity contribution in [2.45, 2.75) is 0 Å². The first-order chi connectivity index (χ1) is 33.6. The molecule has 0 amide bonds. The van der Waals surface area contributed by atoms with Gasteiger partial charge >= 0.3 is 0 Å². The number of hydrogen-bond donors (Lipinski definition) is 0. The van der Waals surface area contributed by atoms with Crippen molar-refractivity contribution in [1.82, 2.24) is 18.3 Å². The highest BCUT2D eigenvalue weighted by molar-refractivity contribution is 6.15. The third-order valence-electron chi connectivity index (χ3n) is 13.9. The molecule has 0 N–H and O–H groups in total. The number of nitrogens with zero attached hydrogens (tertiary/aromatic N) is 5. The van der Waals surface area contributed by atoms with Gasteiger partial charge in [0.25, 0.3) is 0 Å². The Kier molecular flexibility index (Phi) is 8.05. The lowest BCUT2D eigenvalue weighted by atomic mass is 9.99. The molecular formula is C61H35F2N5. The van der Waals surface area contributed by atoms with Gasteiger partial charge in [-0.2, -0.15) is 0 Å². The van der Waals surface area contributed by atoms with E-state index >= 15 is 8.78 Å². The maximum atomic E-state index is 16.4. The van der Waals surface area contributed by atoms with Crippen molar-refractivity contribution in [1.29, 1.82) is 0 Å². The van der Waals surface area contributed by atoms with Gasteiger partial charge in [-0.15, -0.1) is 0 Å². The standard InChI is InChI=1S/C61H35F2N5/c1-64-60-56(67-54-27-12-6-19-43(54)45-31-29-37(35-57(45)67)65-50-23-8-2-15-39(50)40-16-3-9-24-51(40)65)34-33-47(59-48(62)21-14-22-49(59)63)61(60)68-55-28-13-7-20-44(55)46-32-30-38(36-58(46)68)66-52-25-10-4-17-41(52)42-18-5-11-26-53(42)66/h2-36H. The van der Waals surface area contributed by atoms with Crippen molar-refractivity contribution in [3.8, 4) is 33.9 Å². The number of rotatable bonds is 5. The topological polar surface area (TPSA) is 24.1 Å². The highest BCUT2D eigenvalue weighted by atomic mass is 19.1. The van der Waals surface area contributed by atoms with E-state index in [0.717, 1.165) is 98.6 Å². The van der Waals surface area contributed by atoms with Crippen LogP contribution in [0.2, 0.25) is 0 Å². The zero-order valence-corrected chi connectivity index (χ0v) is 36.2. The summed E-state index contributed by atoms with van der Waals surface area (Å²) >= 11 is 0. The van der Waals surface area contributed by atoms with Crippen molar-refractivity contribution in [2.24, 2.45) is 0 Å². The van der Waals surface area contributed by atoms with E-state index < -0.39 is 11.6 Å². The van der Waals surface area contributed by atoms with Crippen molar-refractivity contribution < 1.29 is 8.78 Å². The molecule has 0 saturated carbocycles. The summed E-state index contributed by atoms with van der Waals surface area (Å²) < 4.78 is 41.6. The number of benzene rings is 10. The Balaban J connectivity index is 1.11. The van der Waals surface area contributed by atoms with E-state index in [1.807, 2.05) is 36.4 Å². The average Bonchev–Trinajstić information content (AvgIpc) is 4.11. The summed E-state index contributed by atoms with van der Waals surface area (Å²) in [6.45, 7) is 9.20. The molecule has 0 radical (unpaired) electrons. The lowest BCUT2D eigenvalue weighted by Crippen LogP contribution is -2.04. The Hall–Kier alpha value is -9.25. The van der Waals surface area contributed by atoms with Gasteiger partial charge in [0, 0.05) is 60.0 Å². The van der Waals surface area contributed by atoms with Crippen molar-refractivity contribution in [3.05, 3.63) is 235 Å². The van der Waals surface area contributed by atoms with Crippen LogP contribution in [-0.4, -0.2) is 18.3 Å². The Morgan fingerprint density at radius 1 is 0.324 bits per heavy atom. The van der Waals surface area contributed by atoms with E-state index in [1.165, 1.54) is 18.2 Å². The molecular weight excluding hydrogens is 841 g/mol. The second-order valence-corrected chi connectivity index (χ2v) is 17.4. The Morgan fingerprint density at radius 3 is 1.09 bits per heavy atom. The predicted molar refractivity (Wildman–Crippen MR) is 275 cm³/mol. The summed E-state index contributed by atoms with van der Waals surface area (Å²) in [5, 5.41) is 8.52. The number of para-hydroxylation sites is 6. The first-order valence-corrected chi connectivity index (χ1v) is 22.6. The monoisotopic (exact) mass is 875 g/mol. The molecule has 0 aliphatic heterocycles. The van der Waals surface area contributed by atoms with Crippen LogP contribution in [0.4, 0.5) is 14.5 Å². The van der Waals surface area contributed by atoms with E-state index in [0.29, 0.717) is 11.4 Å². The zero-order valence-electron chi connectivity index (χ0n) is 36.2. The zero-order chi connectivity index (χ0) is 45.2. The predicted octanol–water partition coefficient (Wildman–Crippen LogP) is 16.6. The molecule has 4 aromatic heterocycles. The Labute approximate surface area is 387 Å². The molecule has 0 unspecified atom stereocenters. The minimum Gasteiger partial charge on any atom is -0.319 e. The molecule has 14 aromatic rings. The number of aromatic nitrogens is 4. The molecule has 0 saturated heterocycles. The van der Waals surface area contributed by atoms with Gasteiger partial charge in [-0.3, -0.25) is 0 Å². The lowest BCUT2D eigenvalue weighted by molar-refractivity contribution is 0.589. The van der Waals surface area contributed by atoms with Crippen LogP contribution in [0.5, 0.6) is 0 Å². The van der Waals surface area contributed by atoms with Gasteiger partial charge in [-0.25, -0.2) is 13.6 Å². The molecule has 0 fully saturated rings. The smallest absolute Gasteiger partial charge is 0.234 e. The molecule has 68 heavy (non-hydrogen) atoms. The molecule has 0 bridgehead atoms. The van der Waals surface area contributed by atoms with Crippen LogP contribution in [0.15, 0.2) is 212 Å². The Morgan fingerprint density at radius 2 is 0.676 bits per heavy atom. The normalized spacial score (nSPS) is 12.0. The fraction of sp³-hybridized carbons (Fsp3) is 0. The molecule has 318 valence electrons. The molecule has 5 nitrogen and oxygen atoms in total. The third kappa shape index (κ3) is 5.22. The first kappa shape index (κ1) is 38.1. The van der Waals surface area contributed by atoms with Crippen LogP contribution in [0.25, 0.3) is 126 Å². The van der Waals surface area contributed by atoms with Crippen LogP contribution in [0, 0.1) is 18.2 Å². The average molecular weight is 876 g/mol. The summed E-state index contributed by atoms with van der Waals surface area (Å²) in [6.07, 6.45) is 0. The molecule has 4 heterocycles. The molecule has 0 atom stereocenters. The van der Waals surface area contributed by atoms with E-state index in [9.17, 15) is 6.57 Å². The summed E-state index contributed by atoms with van der Waals surface area (Å²) in [6, 6.07) is 70.5. The van der Waals surface area contributed by atoms with E-state index in [2.05, 4.69) is 175 Å². The van der Waals surface area contributed by atoms with Gasteiger partial charge in [0.2, 0.25) is 5.69 Å². The largest absolute Gasteiger partial charge is 0.319 e. The summed E-state index contributed by atoms with van der Waals surface area (Å²) in [5.74, 6) is -1.43. The number of hydrogen-bond acceptors (Lipinski definition) is 0. The van der Waals surface area contributed by atoms with Gasteiger partial charge in [0.05, 0.1) is 67.6 Å². The molecule has 10 aromatic carbocycles. The van der Waals surface area contributed by atoms with Crippen molar-refractivity contribution in [2.75, 3.05) is 0 Å². The molecule has 14 rings (SSSR count). The van der Waals surface area contributed by atoms with Gasteiger partial charge in [-0.05, 0) is 78.9 Å². The number of halogens is 2. The highest BCUT2D eigenvalue weighted by Gasteiger charge is 2.27. The number of fused-ring (bicyclic) bond motifs is 12. The maximum absolute atomic E-state index is 16.4. The van der Waals surface area contributed by atoms with Crippen LogP contribution in [0.1, 0.15) is 0 Å². The summed E-state index contributed by atoms with van der Waals surface area (Å²) in [5.41, 5.74) is 10.9. The van der Waals surface area contributed by atoms with Gasteiger partial charge in [0.15, 0.2) is 0 Å². The summed E-state index contributed by atoms with van der Waals surface area (Å²) in [4.78, 5) is 4.42. The maximum Gasteiger partial charge on any atom is 0.234 e. The van der Waals surface area contributed by atoms with Crippen LogP contribution in [-0.2, 0) is 0 Å². The highest BCUT2D eigenvalue weighted by Crippen LogP contribution is 2.48. The van der Waals surface area contributed by atoms with Crippen molar-refractivity contribution in [3.63, 3.8) is 0 Å². The molecule has 0 spiro atoms. The molecule has 0 aliphatic carbocycles. The second-order valence-electron chi connectivity index (χ2n) is 17.4. The van der Waals surface area contributed by atoms with Gasteiger partial charge in [0.1, 0.15) is 11.6 Å². The van der Waals surface area contributed by atoms with Crippen LogP contribution < -0.4 is 0 Å². The first-order valence-electron chi connectivity index (χ1n) is 22.6. The van der Waals surface area contributed by atoms with Gasteiger partial charge in [-0.1, -0.05) is 133 Å². The fourth-order valence-corrected chi connectivity index (χ4v) is 11.1. The van der Waals surface area contributed by atoms with E-state index in [4.69, 9.17) is 0 Å². The van der Waals surface area contributed by atoms with E-state index in [-0.39, 0.29) is 16.8 Å². The minimum absolute atomic E-state index is 0.195. The lowest BCUT2D eigenvalue weighted by Gasteiger charge is -2.21. The fourth-order valence-electron chi connectivity index (χ4n) is 11.1. The SMILES string of the molecule is [C-]#[N+]c1c(-n2c3ccccc3c3ccc(-n4c5ccccc5c5ccccc54)cc32)ccc(-c2c(F)cccc2F)c1-n1c2ccccc2c2ccc(-n3c4ccccc4c4ccccc43)cc21. The second kappa shape index (κ2) is 14.4. The van der Waals surface area contributed by atoms with Gasteiger partial charge < -0.3 is 18.3 Å². The molecule has 0 aliphatic rings. The van der Waals surface area contributed by atoms with Crippen molar-refractivity contribution >= 4 is 92.9 Å². The quantitative estimate of drug-likeness (QED) is 0.154. The van der Waals surface area contributed by atoms with E-state index in [1.54, 1.807) is 6.07 Å². The third-order valence-corrected chi connectivity index (χ3v) is 13.9.